The molecule has 0 bridgehead atoms. The van der Waals surface area contributed by atoms with Gasteiger partial charge in [-0.2, -0.15) is 0 Å². The Morgan fingerprint density at radius 1 is 1.18 bits per heavy atom. The highest BCUT2D eigenvalue weighted by Crippen LogP contribution is 2.27. The topological polar surface area (TPSA) is 95.1 Å². The van der Waals surface area contributed by atoms with E-state index in [2.05, 4.69) is 15.3 Å². The molecule has 0 aliphatic rings. The maximum absolute atomic E-state index is 11.9. The zero-order valence-corrected chi connectivity index (χ0v) is 20.0. The number of imidazole rings is 1. The van der Waals surface area contributed by atoms with E-state index in [0.717, 1.165) is 34.3 Å². The second-order valence-electron chi connectivity index (χ2n) is 7.16. The molecular weight excluding hydrogens is 438 g/mol. The lowest BCUT2D eigenvalue weighted by Gasteiger charge is -2.12. The summed E-state index contributed by atoms with van der Waals surface area (Å²) in [4.78, 5) is 21.0. The summed E-state index contributed by atoms with van der Waals surface area (Å²) in [7, 11) is 1.64. The van der Waals surface area contributed by atoms with Crippen LogP contribution < -0.4 is 15.8 Å². The van der Waals surface area contributed by atoms with Crippen LogP contribution in [0.1, 0.15) is 35.3 Å². The summed E-state index contributed by atoms with van der Waals surface area (Å²) in [5.41, 5.74) is 9.65. The number of primary amides is 1. The highest BCUT2D eigenvalue weighted by atomic mass is 35.5. The summed E-state index contributed by atoms with van der Waals surface area (Å²) in [6, 6.07) is 15.0. The molecule has 4 rings (SSSR count). The number of amides is 1. The lowest BCUT2D eigenvalue weighted by atomic mass is 10.1. The molecule has 2 heterocycles. The van der Waals surface area contributed by atoms with E-state index in [4.69, 9.17) is 22.1 Å². The van der Waals surface area contributed by atoms with Gasteiger partial charge in [0.05, 0.1) is 23.7 Å². The van der Waals surface area contributed by atoms with E-state index in [1.54, 1.807) is 25.6 Å². The molecule has 172 valence electrons. The molecule has 0 radical (unpaired) electrons. The molecule has 0 saturated heterocycles. The molecule has 0 aliphatic heterocycles. The normalized spacial score (nSPS) is 10.5. The number of ether oxygens (including phenoxy) is 1. The van der Waals surface area contributed by atoms with Crippen molar-refractivity contribution in [3.63, 3.8) is 0 Å². The van der Waals surface area contributed by atoms with Gasteiger partial charge in [-0.05, 0) is 54.8 Å². The number of nitrogens with one attached hydrogen (secondary N) is 1. The minimum atomic E-state index is -0.544. The van der Waals surface area contributed by atoms with Crippen molar-refractivity contribution in [2.75, 3.05) is 19.0 Å². The van der Waals surface area contributed by atoms with Crippen LogP contribution in [-0.4, -0.2) is 34.1 Å². The molecule has 1 amide bonds. The first-order chi connectivity index (χ1) is 16.0. The summed E-state index contributed by atoms with van der Waals surface area (Å²) < 4.78 is 7.30. The first-order valence-electron chi connectivity index (χ1n) is 10.8. The second kappa shape index (κ2) is 10.8. The zero-order chi connectivity index (χ0) is 24.0. The Morgan fingerprint density at radius 3 is 2.67 bits per heavy atom. The van der Waals surface area contributed by atoms with Crippen LogP contribution in [0.4, 0.5) is 5.82 Å². The molecule has 3 N–H and O–H groups in total. The van der Waals surface area contributed by atoms with Gasteiger partial charge in [0.2, 0.25) is 0 Å². The second-order valence-corrected chi connectivity index (χ2v) is 7.60. The van der Waals surface area contributed by atoms with Crippen LogP contribution >= 0.6 is 11.6 Å². The predicted octanol–water partition coefficient (Wildman–Crippen LogP) is 5.17. The molecule has 33 heavy (non-hydrogen) atoms. The Bertz CT molecular complexity index is 1270. The third-order valence-corrected chi connectivity index (χ3v) is 5.29. The Balaban J connectivity index is 0.00000149. The summed E-state index contributed by atoms with van der Waals surface area (Å²) in [5.74, 6) is 1.26. The van der Waals surface area contributed by atoms with Crippen molar-refractivity contribution >= 4 is 34.4 Å². The van der Waals surface area contributed by atoms with Crippen molar-refractivity contribution < 1.29 is 9.53 Å². The van der Waals surface area contributed by atoms with Crippen molar-refractivity contribution in [1.29, 1.82) is 0 Å². The number of aryl methyl sites for hydroxylation is 1. The van der Waals surface area contributed by atoms with E-state index >= 15 is 0 Å². The van der Waals surface area contributed by atoms with Crippen LogP contribution in [0.5, 0.6) is 5.75 Å². The first kappa shape index (κ1) is 24.1. The number of pyridine rings is 1. The van der Waals surface area contributed by atoms with Gasteiger partial charge in [-0.3, -0.25) is 9.36 Å². The third kappa shape index (κ3) is 5.43. The molecule has 8 heteroatoms. The fraction of sp³-hybridized carbons (Fsp3) is 0.240. The third-order valence-electron chi connectivity index (χ3n) is 5.05. The molecule has 7 nitrogen and oxygen atoms in total. The Labute approximate surface area is 198 Å². The molecule has 2 aromatic carbocycles. The summed E-state index contributed by atoms with van der Waals surface area (Å²) >= 11 is 6.05. The maximum Gasteiger partial charge on any atom is 0.252 e. The standard InChI is InChI=1S/C23H22ClN5O2.C2H6/c1-14-10-18-19(12-20(14)31-2)29(13-27-18)21-7-6-17(22(25)30)23(28-21)26-9-8-15-4-3-5-16(24)11-15;1-2/h3-7,10-13H,8-9H2,1-2H3,(H2,25,30)(H,26,28);1-2H3. The maximum atomic E-state index is 11.9. The number of anilines is 1. The molecule has 4 aromatic rings. The van der Waals surface area contributed by atoms with Crippen LogP contribution in [-0.2, 0) is 6.42 Å². The van der Waals surface area contributed by atoms with Crippen molar-refractivity contribution in [1.82, 2.24) is 14.5 Å². The summed E-state index contributed by atoms with van der Waals surface area (Å²) in [6.07, 6.45) is 2.42. The minimum absolute atomic E-state index is 0.327. The van der Waals surface area contributed by atoms with Gasteiger partial charge in [0, 0.05) is 17.6 Å². The largest absolute Gasteiger partial charge is 0.496 e. The molecule has 0 aliphatic carbocycles. The van der Waals surface area contributed by atoms with Gasteiger partial charge in [0.25, 0.3) is 5.91 Å². The van der Waals surface area contributed by atoms with Gasteiger partial charge in [-0.15, -0.1) is 0 Å². The zero-order valence-electron chi connectivity index (χ0n) is 19.2. The van der Waals surface area contributed by atoms with E-state index < -0.39 is 5.91 Å². The highest BCUT2D eigenvalue weighted by molar-refractivity contribution is 6.30. The van der Waals surface area contributed by atoms with E-state index in [-0.39, 0.29) is 0 Å². The number of hydrogen-bond acceptors (Lipinski definition) is 5. The fourth-order valence-electron chi connectivity index (χ4n) is 3.48. The first-order valence-corrected chi connectivity index (χ1v) is 11.2. The SMILES string of the molecule is CC.COc1cc2c(cc1C)ncn2-c1ccc(C(N)=O)c(NCCc2cccc(Cl)c2)n1. The van der Waals surface area contributed by atoms with Crippen LogP contribution in [0.3, 0.4) is 0 Å². The van der Waals surface area contributed by atoms with Gasteiger partial charge < -0.3 is 15.8 Å². The Kier molecular flexibility index (Phi) is 7.90. The summed E-state index contributed by atoms with van der Waals surface area (Å²) in [5, 5.41) is 3.92. The highest BCUT2D eigenvalue weighted by Gasteiger charge is 2.14. The van der Waals surface area contributed by atoms with Gasteiger partial charge >= 0.3 is 0 Å². The number of aromatic nitrogens is 3. The fourth-order valence-corrected chi connectivity index (χ4v) is 3.69. The van der Waals surface area contributed by atoms with Crippen molar-refractivity contribution in [3.8, 4) is 11.6 Å². The van der Waals surface area contributed by atoms with Crippen LogP contribution in [0.15, 0.2) is 54.9 Å². The van der Waals surface area contributed by atoms with E-state index in [9.17, 15) is 4.79 Å². The summed E-state index contributed by atoms with van der Waals surface area (Å²) in [6.45, 7) is 6.54. The van der Waals surface area contributed by atoms with Gasteiger partial charge in [-0.1, -0.05) is 37.6 Å². The molecule has 0 fully saturated rings. The van der Waals surface area contributed by atoms with E-state index in [1.165, 1.54) is 0 Å². The van der Waals surface area contributed by atoms with Crippen LogP contribution in [0, 0.1) is 6.92 Å². The number of nitrogens with two attached hydrogens (primary N) is 1. The van der Waals surface area contributed by atoms with Crippen molar-refractivity contribution in [2.24, 2.45) is 5.73 Å². The number of carbonyl (C=O) groups excluding carboxylic acids is 1. The van der Waals surface area contributed by atoms with E-state index in [0.29, 0.717) is 28.8 Å². The smallest absolute Gasteiger partial charge is 0.252 e. The molecule has 0 unspecified atom stereocenters. The molecular formula is C25H28ClN5O2. The Hall–Kier alpha value is -3.58. The molecule has 2 aromatic heterocycles. The average molecular weight is 466 g/mol. The number of halogens is 1. The number of hydrogen-bond donors (Lipinski definition) is 2. The van der Waals surface area contributed by atoms with Crippen LogP contribution in [0.25, 0.3) is 16.9 Å². The number of rotatable bonds is 7. The number of carbonyl (C=O) groups is 1. The molecule has 0 saturated carbocycles. The molecule has 0 atom stereocenters. The number of methoxy groups -OCH3 is 1. The van der Waals surface area contributed by atoms with Crippen molar-refractivity contribution in [3.05, 3.63) is 76.6 Å². The Morgan fingerprint density at radius 2 is 1.97 bits per heavy atom. The van der Waals surface area contributed by atoms with Crippen LogP contribution in [0.2, 0.25) is 5.02 Å². The predicted molar refractivity (Wildman–Crippen MR) is 134 cm³/mol. The number of benzene rings is 2. The van der Waals surface area contributed by atoms with Gasteiger partial charge in [-0.25, -0.2) is 9.97 Å². The minimum Gasteiger partial charge on any atom is -0.496 e. The van der Waals surface area contributed by atoms with Gasteiger partial charge in [0.15, 0.2) is 0 Å². The lowest BCUT2D eigenvalue weighted by Crippen LogP contribution is -2.17. The lowest BCUT2D eigenvalue weighted by molar-refractivity contribution is 0.100. The number of fused-ring (bicyclic) bond motifs is 1. The average Bonchev–Trinajstić information content (AvgIpc) is 3.22. The quantitative estimate of drug-likeness (QED) is 0.392. The van der Waals surface area contributed by atoms with E-state index in [1.807, 2.05) is 61.7 Å². The van der Waals surface area contributed by atoms with Gasteiger partial charge in [0.1, 0.15) is 23.7 Å². The van der Waals surface area contributed by atoms with Crippen molar-refractivity contribution in [2.45, 2.75) is 27.2 Å². The number of nitrogens with zero attached hydrogens (tertiary/aromatic N) is 3. The molecule has 0 spiro atoms. The monoisotopic (exact) mass is 465 g/mol.